The highest BCUT2D eigenvalue weighted by atomic mass is 35.5. The predicted molar refractivity (Wildman–Crippen MR) is 459 cm³/mol. The van der Waals surface area contributed by atoms with Crippen LogP contribution in [-0.4, -0.2) is 170 Å². The molecule has 0 unspecified atom stereocenters. The number of terminal acetylenes is 1. The Balaban J connectivity index is 0.000000182. The van der Waals surface area contributed by atoms with Gasteiger partial charge in [0.15, 0.2) is 0 Å². The maximum Gasteiger partial charge on any atom is 0.286 e. The molecular formula is C88H87Cl2FN14O14S2. The minimum atomic E-state index is -4.79. The molecular weight excluding hydrogens is 1630 g/mol. The number of hydrogen-bond acceptors (Lipinski definition) is 21. The Morgan fingerprint density at radius 1 is 0.587 bits per heavy atom. The van der Waals surface area contributed by atoms with Gasteiger partial charge in [-0.05, 0) is 188 Å². The van der Waals surface area contributed by atoms with Gasteiger partial charge in [0, 0.05) is 141 Å². The van der Waals surface area contributed by atoms with Crippen LogP contribution >= 0.6 is 23.2 Å². The summed E-state index contributed by atoms with van der Waals surface area (Å²) in [5, 5.41) is 30.3. The van der Waals surface area contributed by atoms with Crippen LogP contribution in [0.2, 0.25) is 10.0 Å². The van der Waals surface area contributed by atoms with E-state index in [1.54, 1.807) is 48.8 Å². The van der Waals surface area contributed by atoms with Crippen LogP contribution in [0.15, 0.2) is 185 Å². The molecule has 0 atom stereocenters. The quantitative estimate of drug-likeness (QED) is 0.0169. The van der Waals surface area contributed by atoms with E-state index < -0.39 is 74.2 Å². The Hall–Kier alpha value is -11.6. The molecule has 626 valence electrons. The highest BCUT2D eigenvalue weighted by Gasteiger charge is 2.43. The number of hydrogen-bond donors (Lipinski definition) is 4. The van der Waals surface area contributed by atoms with Gasteiger partial charge in [0.1, 0.15) is 50.8 Å². The van der Waals surface area contributed by atoms with Gasteiger partial charge in [-0.25, -0.2) is 40.9 Å². The molecule has 4 aliphatic carbocycles. The van der Waals surface area contributed by atoms with Crippen LogP contribution in [0, 0.1) is 49.4 Å². The number of halogens is 3. The second-order valence-corrected chi connectivity index (χ2v) is 35.9. The van der Waals surface area contributed by atoms with Crippen LogP contribution in [-0.2, 0) is 36.1 Å². The number of piperazine rings is 2. The first kappa shape index (κ1) is 83.1. The van der Waals surface area contributed by atoms with Crippen LogP contribution in [0.4, 0.5) is 27.1 Å². The maximum atomic E-state index is 15.4. The number of ether oxygens (including phenoxy) is 4. The first-order valence-corrected chi connectivity index (χ1v) is 43.8. The number of H-pyrrole nitrogens is 2. The van der Waals surface area contributed by atoms with Crippen molar-refractivity contribution in [1.82, 2.24) is 49.0 Å². The van der Waals surface area contributed by atoms with Gasteiger partial charge < -0.3 is 38.7 Å². The molecule has 2 saturated heterocycles. The number of nitro groups is 2. The van der Waals surface area contributed by atoms with Gasteiger partial charge in [0.05, 0.1) is 69.5 Å². The van der Waals surface area contributed by atoms with Crippen molar-refractivity contribution in [2.75, 3.05) is 102 Å². The number of sulfonamides is 2. The number of nitro benzene ring substituents is 2. The SMILES string of the molecule is C#Cc1ccc(S(=O)(=O)NC(=O)c2ccc(N3CCN(CC4=C(c5ccc(Cl)cc5)CC5(CCC5)CC4)CC3)cc2Oc2cnc3[nH]ccc3c2)cc1[N+](=O)[O-].COCCOCCn1nc2cc(S(=O)(=O)NC(=O)c3ccc(N4CCN(CC5=C(c6ccc(Cl)cc6)CC6(CCC6)CC5)CC4)cc3Oc3cnc4[nH]ccc4c3)cc([N+](=O)[O-])c2c1F. The van der Waals surface area contributed by atoms with E-state index in [4.69, 9.17) is 48.6 Å². The molecule has 6 aromatic carbocycles. The van der Waals surface area contributed by atoms with Crippen molar-refractivity contribution >= 4 is 122 Å². The number of non-ortho nitro benzene ring substituents is 1. The first-order valence-electron chi connectivity index (χ1n) is 40.1. The Kier molecular flexibility index (Phi) is 24.2. The minimum absolute atomic E-state index is 0.0172. The molecule has 2 saturated carbocycles. The molecule has 0 bridgehead atoms. The molecule has 17 rings (SSSR count). The fraction of sp³-hybridized carbons (Fsp3) is 0.330. The smallest absolute Gasteiger partial charge is 0.286 e. The average Bonchev–Trinajstić information content (AvgIpc) is 1.71. The monoisotopic (exact) mass is 1720 g/mol. The number of benzene rings is 6. The van der Waals surface area contributed by atoms with Crippen molar-refractivity contribution < 1.29 is 59.6 Å². The summed E-state index contributed by atoms with van der Waals surface area (Å²) in [6.45, 7) is 8.37. The number of nitrogens with zero attached hydrogens (tertiary/aromatic N) is 10. The van der Waals surface area contributed by atoms with Crippen molar-refractivity contribution in [3.8, 4) is 35.3 Å². The van der Waals surface area contributed by atoms with E-state index in [0.717, 1.165) is 139 Å². The zero-order valence-electron chi connectivity index (χ0n) is 66.2. The standard InChI is InChI=1S/C46H48ClFN8O8S.C42H39ClN6O6S/c1-62-21-22-63-20-19-55-43(48)42-39(51-55)25-36(26-40(42)56(58)59)65(60,61)52-45(57)37-8-7-34(24-41(37)64-35-23-31-10-14-49-44(31)50-28-35)54-17-15-53(16-18-54)29-32-9-13-46(11-2-12-46)27-38(32)30-3-5-33(47)6-4-30;1-2-28-6-10-35(24-38(28)49(51)52)56(53,54)46-41(50)36-11-9-33(23-39(36)55-34-22-30-13-17-44-40(30)45-26-34)48-20-18-47(19-21-48)27-31-12-16-42(14-3-15-42)25-37(31)29-4-7-32(43)8-5-29/h3-8,10,14,23-26,28H,2,9,11-13,15-22,27,29H2,1H3,(H,49,50)(H,52,57);1,4-11,13,17,22-24,26H,3,12,14-16,18-21,25,27H2,(H,44,45)(H,46,50). The Morgan fingerprint density at radius 3 is 1.52 bits per heavy atom. The molecule has 2 amide bonds. The van der Waals surface area contributed by atoms with Crippen LogP contribution in [0.25, 0.3) is 44.1 Å². The number of amides is 2. The van der Waals surface area contributed by atoms with Crippen LogP contribution in [0.5, 0.6) is 23.0 Å². The number of nitrogens with one attached hydrogen (secondary N) is 4. The molecule has 5 aromatic heterocycles. The third kappa shape index (κ3) is 18.4. The van der Waals surface area contributed by atoms with Crippen molar-refractivity contribution in [2.24, 2.45) is 10.8 Å². The van der Waals surface area contributed by atoms with Crippen LogP contribution < -0.4 is 28.7 Å². The second kappa shape index (κ2) is 35.2. The molecule has 0 radical (unpaired) electrons. The lowest BCUT2D eigenvalue weighted by Crippen LogP contribution is -2.47. The fourth-order valence-electron chi connectivity index (χ4n) is 17.3. The number of carbonyl (C=O) groups excluding carboxylic acids is 2. The number of anilines is 2. The van der Waals surface area contributed by atoms with Crippen molar-refractivity contribution in [3.63, 3.8) is 0 Å². The van der Waals surface area contributed by atoms with Gasteiger partial charge in [-0.3, -0.25) is 39.6 Å². The molecule has 28 nitrogen and oxygen atoms in total. The zero-order valence-corrected chi connectivity index (χ0v) is 69.3. The molecule has 33 heteroatoms. The summed E-state index contributed by atoms with van der Waals surface area (Å²) in [5.74, 6) is -0.0569. The number of allylic oxidation sites excluding steroid dienone is 2. The third-order valence-electron chi connectivity index (χ3n) is 24.2. The number of pyridine rings is 2. The van der Waals surface area contributed by atoms with Crippen molar-refractivity contribution in [3.05, 3.63) is 239 Å². The summed E-state index contributed by atoms with van der Waals surface area (Å²) in [7, 11) is -7.83. The van der Waals surface area contributed by atoms with Gasteiger partial charge in [-0.1, -0.05) is 77.4 Å². The van der Waals surface area contributed by atoms with Crippen molar-refractivity contribution in [1.29, 1.82) is 0 Å². The van der Waals surface area contributed by atoms with Gasteiger partial charge in [0.2, 0.25) is 5.95 Å². The normalized spacial score (nSPS) is 16.8. The number of methoxy groups -OCH3 is 1. The summed E-state index contributed by atoms with van der Waals surface area (Å²) >= 11 is 12.5. The summed E-state index contributed by atoms with van der Waals surface area (Å²) in [5.41, 5.74) is 10.2. The van der Waals surface area contributed by atoms with E-state index in [9.17, 15) is 46.7 Å². The lowest BCUT2D eigenvalue weighted by molar-refractivity contribution is -0.385. The molecule has 7 heterocycles. The highest BCUT2D eigenvalue weighted by Crippen LogP contribution is 2.57. The van der Waals surface area contributed by atoms with Gasteiger partial charge in [0.25, 0.3) is 43.2 Å². The molecule has 121 heavy (non-hydrogen) atoms. The Morgan fingerprint density at radius 2 is 1.07 bits per heavy atom. The second-order valence-electron chi connectivity index (χ2n) is 31.7. The molecule has 2 spiro atoms. The van der Waals surface area contributed by atoms with Crippen LogP contribution in [0.3, 0.4) is 0 Å². The lowest BCUT2D eigenvalue weighted by atomic mass is 9.59. The first-order chi connectivity index (χ1) is 58.4. The zero-order chi connectivity index (χ0) is 84.3. The van der Waals surface area contributed by atoms with Gasteiger partial charge in [-0.2, -0.15) is 9.49 Å². The minimum Gasteiger partial charge on any atom is -0.455 e. The number of aromatic nitrogens is 6. The number of carbonyl (C=O) groups is 2. The molecule has 4 fully saturated rings. The van der Waals surface area contributed by atoms with Gasteiger partial charge >= 0.3 is 0 Å². The maximum absolute atomic E-state index is 15.4. The Bertz CT molecular complexity index is 6190. The van der Waals surface area contributed by atoms with Crippen LogP contribution in [0.1, 0.15) is 114 Å². The van der Waals surface area contributed by atoms with E-state index in [0.29, 0.717) is 59.4 Å². The van der Waals surface area contributed by atoms with E-state index in [-0.39, 0.29) is 53.5 Å². The average molecular weight is 1720 g/mol. The number of aromatic amines is 2. The highest BCUT2D eigenvalue weighted by molar-refractivity contribution is 7.90. The molecule has 11 aromatic rings. The predicted octanol–water partition coefficient (Wildman–Crippen LogP) is 16.1. The Labute approximate surface area is 707 Å². The largest absolute Gasteiger partial charge is 0.455 e. The topological polar surface area (TPSA) is 338 Å². The summed E-state index contributed by atoms with van der Waals surface area (Å²) in [6, 6.07) is 38.4. The summed E-state index contributed by atoms with van der Waals surface area (Å²) < 4.78 is 97.7. The van der Waals surface area contributed by atoms with E-state index >= 15 is 4.39 Å². The molecule has 6 aliphatic rings. The van der Waals surface area contributed by atoms with Gasteiger partial charge in [-0.15, -0.1) is 6.42 Å². The number of rotatable bonds is 26. The van der Waals surface area contributed by atoms with Crippen molar-refractivity contribution in [2.45, 2.75) is 93.4 Å². The summed E-state index contributed by atoms with van der Waals surface area (Å²) in [4.78, 5) is 72.9. The van der Waals surface area contributed by atoms with E-state index in [1.165, 1.54) is 116 Å². The van der Waals surface area contributed by atoms with E-state index in [2.05, 4.69) is 74.8 Å². The van der Waals surface area contributed by atoms with E-state index in [1.807, 2.05) is 45.8 Å². The third-order valence-corrected chi connectivity index (χ3v) is 27.4. The molecule has 2 aliphatic heterocycles. The summed E-state index contributed by atoms with van der Waals surface area (Å²) in [6.07, 6.45) is 26.5. The lowest BCUT2D eigenvalue weighted by Gasteiger charge is -2.47. The number of fused-ring (bicyclic) bond motifs is 3. The molecule has 4 N–H and O–H groups in total. The fourth-order valence-corrected chi connectivity index (χ4v) is 19.5.